The van der Waals surface area contributed by atoms with Crippen molar-refractivity contribution in [1.82, 2.24) is 19.8 Å². The average molecular weight is 436 g/mol. The van der Waals surface area contributed by atoms with Gasteiger partial charge in [-0.25, -0.2) is 14.7 Å². The van der Waals surface area contributed by atoms with Gasteiger partial charge in [-0.3, -0.25) is 9.59 Å². The normalized spacial score (nSPS) is 9.75. The fourth-order valence-corrected chi connectivity index (χ4v) is 2.84. The predicted molar refractivity (Wildman–Crippen MR) is 117 cm³/mol. The molecule has 166 valence electrons. The molecule has 3 amide bonds. The highest BCUT2D eigenvalue weighted by Crippen LogP contribution is 2.27. The summed E-state index contributed by atoms with van der Waals surface area (Å²) in [6.45, 7) is 2.48. The van der Waals surface area contributed by atoms with Crippen LogP contribution in [-0.2, 0) is 11.8 Å². The number of rotatable bonds is 6. The number of amides is 3. The number of imide groups is 1. The summed E-state index contributed by atoms with van der Waals surface area (Å²) in [6, 6.07) is 4.46. The van der Waals surface area contributed by atoms with Crippen molar-refractivity contribution in [2.24, 2.45) is 7.05 Å². The van der Waals surface area contributed by atoms with E-state index < -0.39 is 11.9 Å². The fraction of sp³-hybridized carbons (Fsp3) is 0.304. The first-order chi connectivity index (χ1) is 15.2. The molecule has 1 N–H and O–H groups in total. The number of ketones is 1. The average Bonchev–Trinajstić information content (AvgIpc) is 3.06. The number of carbonyl (C=O) groups excluding carboxylic acids is 3. The summed E-state index contributed by atoms with van der Waals surface area (Å²) in [4.78, 5) is 41.8. The number of aryl methyl sites for hydroxylation is 1. The lowest BCUT2D eigenvalue weighted by Crippen LogP contribution is -2.46. The van der Waals surface area contributed by atoms with Crippen LogP contribution in [0.1, 0.15) is 34.5 Å². The van der Waals surface area contributed by atoms with Crippen molar-refractivity contribution in [3.63, 3.8) is 0 Å². The summed E-state index contributed by atoms with van der Waals surface area (Å²) >= 11 is 0. The standard InChI is InChI=1S/C23H24N4O5/c1-7-12-27(23(30)24-14-15(2)28)22(29)21-16(3)25-20(26(21)4)11-9-17-8-10-18(31-5)19(13-17)32-6/h1,8,10,13H,12,14H2,2-6H3,(H,24,30). The summed E-state index contributed by atoms with van der Waals surface area (Å²) < 4.78 is 12.0. The van der Waals surface area contributed by atoms with Gasteiger partial charge in [0.05, 0.1) is 33.0 Å². The van der Waals surface area contributed by atoms with Crippen LogP contribution in [0.5, 0.6) is 11.5 Å². The summed E-state index contributed by atoms with van der Waals surface area (Å²) in [5.41, 5.74) is 1.21. The molecule has 1 heterocycles. The number of urea groups is 1. The third-order valence-electron chi connectivity index (χ3n) is 4.40. The summed E-state index contributed by atoms with van der Waals surface area (Å²) in [6.07, 6.45) is 5.32. The molecule has 1 aromatic carbocycles. The topological polar surface area (TPSA) is 103 Å². The number of terminal acetylenes is 1. The van der Waals surface area contributed by atoms with Gasteiger partial charge in [-0.05, 0) is 38.0 Å². The second-order valence-corrected chi connectivity index (χ2v) is 6.70. The van der Waals surface area contributed by atoms with Crippen LogP contribution in [0, 0.1) is 31.1 Å². The van der Waals surface area contributed by atoms with E-state index in [-0.39, 0.29) is 24.6 Å². The van der Waals surface area contributed by atoms with Gasteiger partial charge in [-0.15, -0.1) is 6.42 Å². The molecule has 9 heteroatoms. The number of carbonyl (C=O) groups is 3. The number of hydrogen-bond acceptors (Lipinski definition) is 6. The smallest absolute Gasteiger partial charge is 0.325 e. The lowest BCUT2D eigenvalue weighted by molar-refractivity contribution is -0.116. The van der Waals surface area contributed by atoms with E-state index in [2.05, 4.69) is 28.1 Å². The molecule has 32 heavy (non-hydrogen) atoms. The lowest BCUT2D eigenvalue weighted by atomic mass is 10.2. The zero-order valence-corrected chi connectivity index (χ0v) is 18.6. The van der Waals surface area contributed by atoms with Crippen molar-refractivity contribution in [1.29, 1.82) is 0 Å². The van der Waals surface area contributed by atoms with E-state index in [4.69, 9.17) is 15.9 Å². The molecule has 1 aromatic heterocycles. The first-order valence-electron chi connectivity index (χ1n) is 9.53. The highest BCUT2D eigenvalue weighted by molar-refractivity contribution is 6.04. The second kappa shape index (κ2) is 10.7. The summed E-state index contributed by atoms with van der Waals surface area (Å²) in [5.74, 6) is 8.72. The van der Waals surface area contributed by atoms with Crippen LogP contribution in [0.3, 0.4) is 0 Å². The number of nitrogens with one attached hydrogen (secondary N) is 1. The maximum absolute atomic E-state index is 13.0. The Hall–Kier alpha value is -4.24. The number of ether oxygens (including phenoxy) is 2. The lowest BCUT2D eigenvalue weighted by Gasteiger charge is -2.19. The molecule has 9 nitrogen and oxygen atoms in total. The number of methoxy groups -OCH3 is 2. The van der Waals surface area contributed by atoms with Crippen LogP contribution < -0.4 is 14.8 Å². The summed E-state index contributed by atoms with van der Waals surface area (Å²) in [7, 11) is 4.69. The van der Waals surface area contributed by atoms with Crippen LogP contribution in [0.2, 0.25) is 0 Å². The molecule has 0 atom stereocenters. The van der Waals surface area contributed by atoms with Crippen LogP contribution in [-0.4, -0.2) is 59.5 Å². The van der Waals surface area contributed by atoms with E-state index >= 15 is 0 Å². The molecule has 0 aliphatic carbocycles. The summed E-state index contributed by atoms with van der Waals surface area (Å²) in [5, 5.41) is 2.37. The van der Waals surface area contributed by atoms with E-state index in [1.54, 1.807) is 39.3 Å². The number of Topliss-reactive ketones (excluding diaryl/α,β-unsaturated/α-hetero) is 1. The molecule has 0 fully saturated rings. The number of hydrogen-bond donors (Lipinski definition) is 1. The highest BCUT2D eigenvalue weighted by Gasteiger charge is 2.27. The Bertz CT molecular complexity index is 1150. The van der Waals surface area contributed by atoms with Gasteiger partial charge in [-0.1, -0.05) is 11.8 Å². The molecule has 0 unspecified atom stereocenters. The second-order valence-electron chi connectivity index (χ2n) is 6.70. The SMILES string of the molecule is C#CCN(C(=O)NCC(C)=O)C(=O)c1c(C)nc(C#Cc2ccc(OC)c(OC)c2)n1C. The van der Waals surface area contributed by atoms with Crippen molar-refractivity contribution in [2.45, 2.75) is 13.8 Å². The Morgan fingerprint density at radius 3 is 2.47 bits per heavy atom. The number of imidazole rings is 1. The Labute approximate surface area is 186 Å². The molecule has 0 aliphatic rings. The zero-order chi connectivity index (χ0) is 23.8. The van der Waals surface area contributed by atoms with Gasteiger partial charge in [0.1, 0.15) is 11.5 Å². The molecule has 0 aliphatic heterocycles. The minimum atomic E-state index is -0.762. The van der Waals surface area contributed by atoms with Gasteiger partial charge in [-0.2, -0.15) is 0 Å². The quantitative estimate of drug-likeness (QED) is 0.689. The molecule has 2 rings (SSSR count). The molecule has 0 saturated carbocycles. The van der Waals surface area contributed by atoms with E-state index in [0.717, 1.165) is 4.90 Å². The maximum atomic E-state index is 13.0. The van der Waals surface area contributed by atoms with E-state index in [1.165, 1.54) is 18.6 Å². The van der Waals surface area contributed by atoms with Gasteiger partial charge in [0, 0.05) is 12.6 Å². The zero-order valence-electron chi connectivity index (χ0n) is 18.6. The molecular formula is C23H24N4O5. The molecule has 0 spiro atoms. The molecule has 2 aromatic rings. The minimum Gasteiger partial charge on any atom is -0.493 e. The Morgan fingerprint density at radius 1 is 1.19 bits per heavy atom. The predicted octanol–water partition coefficient (Wildman–Crippen LogP) is 1.52. The highest BCUT2D eigenvalue weighted by atomic mass is 16.5. The van der Waals surface area contributed by atoms with Gasteiger partial charge in [0.2, 0.25) is 0 Å². The molecule has 0 radical (unpaired) electrons. The van der Waals surface area contributed by atoms with Gasteiger partial charge in [0.25, 0.3) is 5.91 Å². The van der Waals surface area contributed by atoms with Crippen molar-refractivity contribution < 1.29 is 23.9 Å². The van der Waals surface area contributed by atoms with Crippen LogP contribution in [0.25, 0.3) is 0 Å². The van der Waals surface area contributed by atoms with Gasteiger partial charge in [0.15, 0.2) is 17.3 Å². The molecule has 0 saturated heterocycles. The molecule has 0 bridgehead atoms. The first-order valence-corrected chi connectivity index (χ1v) is 9.53. The number of benzene rings is 1. The van der Waals surface area contributed by atoms with Crippen molar-refractivity contribution in [2.75, 3.05) is 27.3 Å². The van der Waals surface area contributed by atoms with Crippen LogP contribution in [0.15, 0.2) is 18.2 Å². The first kappa shape index (κ1) is 24.0. The monoisotopic (exact) mass is 436 g/mol. The van der Waals surface area contributed by atoms with E-state index in [1.807, 2.05) is 0 Å². The molecular weight excluding hydrogens is 412 g/mol. The Morgan fingerprint density at radius 2 is 1.88 bits per heavy atom. The Kier molecular flexibility index (Phi) is 8.03. The van der Waals surface area contributed by atoms with E-state index in [0.29, 0.717) is 28.6 Å². The third kappa shape index (κ3) is 5.46. The van der Waals surface area contributed by atoms with Crippen LogP contribution in [0.4, 0.5) is 4.79 Å². The van der Waals surface area contributed by atoms with Crippen molar-refractivity contribution >= 4 is 17.7 Å². The van der Waals surface area contributed by atoms with Gasteiger partial charge < -0.3 is 19.4 Å². The maximum Gasteiger partial charge on any atom is 0.325 e. The Balaban J connectivity index is 2.36. The minimum absolute atomic E-state index is 0.162. The fourth-order valence-electron chi connectivity index (χ4n) is 2.84. The number of aromatic nitrogens is 2. The van der Waals surface area contributed by atoms with Crippen molar-refractivity contribution in [3.8, 4) is 35.7 Å². The van der Waals surface area contributed by atoms with Crippen LogP contribution >= 0.6 is 0 Å². The number of nitrogens with zero attached hydrogens (tertiary/aromatic N) is 3. The third-order valence-corrected chi connectivity index (χ3v) is 4.40. The van der Waals surface area contributed by atoms with E-state index in [9.17, 15) is 14.4 Å². The van der Waals surface area contributed by atoms with Gasteiger partial charge >= 0.3 is 6.03 Å². The largest absolute Gasteiger partial charge is 0.493 e. The van der Waals surface area contributed by atoms with Crippen molar-refractivity contribution in [3.05, 3.63) is 41.0 Å².